The largest absolute Gasteiger partial charge is 0.494 e. The molecule has 194 valence electrons. The number of ether oxygens (including phenoxy) is 1. The van der Waals surface area contributed by atoms with Crippen LogP contribution in [0.5, 0.6) is 5.75 Å². The van der Waals surface area contributed by atoms with E-state index in [9.17, 15) is 18.8 Å². The first-order valence-corrected chi connectivity index (χ1v) is 12.2. The average molecular weight is 492 g/mol. The van der Waals surface area contributed by atoms with Crippen LogP contribution in [-0.2, 0) is 17.9 Å². The Kier molecular flexibility index (Phi) is 11.0. The number of nitrogens with zero attached hydrogens (tertiary/aromatic N) is 3. The van der Waals surface area contributed by atoms with E-state index in [1.54, 1.807) is 12.1 Å². The van der Waals surface area contributed by atoms with Gasteiger partial charge >= 0.3 is 5.69 Å². The molecule has 0 unspecified atom stereocenters. The standard InChI is InChI=1S/C25H38FN5O4/c1-5-8-10-14-30(22-23(27)31(13-9-6-2)25(34)28-24(22)33)21(32)17-29(7-3)16-18-11-12-20(35-4)19(26)15-18/h11-12,15H,5-10,13-14,16-17,27H2,1-4H3,(H,28,33,34). The molecule has 1 heterocycles. The van der Waals surface area contributed by atoms with E-state index in [0.29, 0.717) is 44.6 Å². The number of nitrogens with two attached hydrogens (primary N) is 1. The highest BCUT2D eigenvalue weighted by molar-refractivity contribution is 5.96. The molecule has 2 rings (SSSR count). The molecule has 2 aromatic rings. The molecule has 35 heavy (non-hydrogen) atoms. The van der Waals surface area contributed by atoms with Crippen molar-refractivity contribution in [3.63, 3.8) is 0 Å². The van der Waals surface area contributed by atoms with Crippen LogP contribution in [0.25, 0.3) is 0 Å². The van der Waals surface area contributed by atoms with Crippen molar-refractivity contribution >= 4 is 17.4 Å². The molecule has 0 fully saturated rings. The number of unbranched alkanes of at least 4 members (excludes halogenated alkanes) is 3. The van der Waals surface area contributed by atoms with Crippen LogP contribution in [0.2, 0.25) is 0 Å². The van der Waals surface area contributed by atoms with Crippen molar-refractivity contribution in [2.24, 2.45) is 0 Å². The third-order valence-electron chi connectivity index (χ3n) is 5.93. The number of carbonyl (C=O) groups excluding carboxylic acids is 1. The molecule has 0 aliphatic rings. The summed E-state index contributed by atoms with van der Waals surface area (Å²) in [4.78, 5) is 44.2. The molecule has 0 spiro atoms. The summed E-state index contributed by atoms with van der Waals surface area (Å²) < 4.78 is 20.4. The Morgan fingerprint density at radius 1 is 1.14 bits per heavy atom. The summed E-state index contributed by atoms with van der Waals surface area (Å²) in [6.45, 7) is 7.47. The maximum absolute atomic E-state index is 14.1. The van der Waals surface area contributed by atoms with E-state index in [0.717, 1.165) is 19.3 Å². The highest BCUT2D eigenvalue weighted by atomic mass is 19.1. The Morgan fingerprint density at radius 3 is 2.46 bits per heavy atom. The predicted molar refractivity (Wildman–Crippen MR) is 136 cm³/mol. The molecule has 0 atom stereocenters. The first-order chi connectivity index (χ1) is 16.8. The van der Waals surface area contributed by atoms with E-state index in [1.165, 1.54) is 22.6 Å². The number of methoxy groups -OCH3 is 1. The summed E-state index contributed by atoms with van der Waals surface area (Å²) in [7, 11) is 1.40. The summed E-state index contributed by atoms with van der Waals surface area (Å²) in [5.74, 6) is -0.628. The minimum Gasteiger partial charge on any atom is -0.494 e. The van der Waals surface area contributed by atoms with Crippen LogP contribution < -0.4 is 26.6 Å². The molecule has 0 radical (unpaired) electrons. The van der Waals surface area contributed by atoms with Gasteiger partial charge in [-0.25, -0.2) is 9.18 Å². The Labute approximate surface area is 205 Å². The zero-order valence-corrected chi connectivity index (χ0v) is 21.2. The van der Waals surface area contributed by atoms with Crippen molar-refractivity contribution in [2.45, 2.75) is 66.0 Å². The van der Waals surface area contributed by atoms with E-state index < -0.39 is 17.1 Å². The second-order valence-corrected chi connectivity index (χ2v) is 8.52. The number of hydrogen-bond acceptors (Lipinski definition) is 6. The molecular weight excluding hydrogens is 453 g/mol. The van der Waals surface area contributed by atoms with Crippen LogP contribution in [-0.4, -0.2) is 47.1 Å². The second kappa shape index (κ2) is 13.7. The van der Waals surface area contributed by atoms with Gasteiger partial charge in [-0.05, 0) is 37.1 Å². The fraction of sp³-hybridized carbons (Fsp3) is 0.560. The van der Waals surface area contributed by atoms with Gasteiger partial charge in [0.1, 0.15) is 5.82 Å². The van der Waals surface area contributed by atoms with Crippen molar-refractivity contribution < 1.29 is 13.9 Å². The first kappa shape index (κ1) is 28.1. The van der Waals surface area contributed by atoms with E-state index in [1.807, 2.05) is 25.7 Å². The van der Waals surface area contributed by atoms with Gasteiger partial charge in [0.2, 0.25) is 5.91 Å². The van der Waals surface area contributed by atoms with Gasteiger partial charge in [0.15, 0.2) is 17.3 Å². The van der Waals surface area contributed by atoms with Crippen molar-refractivity contribution in [3.8, 4) is 5.75 Å². The molecule has 0 aliphatic carbocycles. The van der Waals surface area contributed by atoms with Gasteiger partial charge in [0.25, 0.3) is 5.56 Å². The van der Waals surface area contributed by atoms with Crippen molar-refractivity contribution in [3.05, 3.63) is 50.4 Å². The molecule has 0 saturated carbocycles. The molecular formula is C25H38FN5O4. The van der Waals surface area contributed by atoms with Gasteiger partial charge in [-0.15, -0.1) is 0 Å². The maximum Gasteiger partial charge on any atom is 0.330 e. The number of anilines is 2. The highest BCUT2D eigenvalue weighted by Crippen LogP contribution is 2.21. The fourth-order valence-electron chi connectivity index (χ4n) is 3.88. The van der Waals surface area contributed by atoms with Gasteiger partial charge in [0, 0.05) is 19.6 Å². The maximum atomic E-state index is 14.1. The number of halogens is 1. The number of nitrogens with one attached hydrogen (secondary N) is 1. The smallest absolute Gasteiger partial charge is 0.330 e. The monoisotopic (exact) mass is 491 g/mol. The summed E-state index contributed by atoms with van der Waals surface area (Å²) in [6.07, 6.45) is 4.05. The normalized spacial score (nSPS) is 11.1. The number of nitrogen functional groups attached to an aromatic ring is 1. The Morgan fingerprint density at radius 2 is 1.86 bits per heavy atom. The molecule has 0 bridgehead atoms. The number of likely N-dealkylation sites (N-methyl/N-ethyl adjacent to an activating group) is 1. The number of aromatic amines is 1. The molecule has 10 heteroatoms. The molecule has 1 aromatic heterocycles. The fourth-order valence-corrected chi connectivity index (χ4v) is 3.88. The van der Waals surface area contributed by atoms with E-state index in [4.69, 9.17) is 10.5 Å². The number of carbonyl (C=O) groups is 1. The van der Waals surface area contributed by atoms with E-state index >= 15 is 0 Å². The SMILES string of the molecule is CCCCCN(C(=O)CN(CC)Cc1ccc(OC)c(F)c1)c1c(N)n(CCCC)c(=O)[nH]c1=O. The zero-order valence-electron chi connectivity index (χ0n) is 21.2. The van der Waals surface area contributed by atoms with Gasteiger partial charge in [-0.3, -0.25) is 24.0 Å². The average Bonchev–Trinajstić information content (AvgIpc) is 2.82. The Balaban J connectivity index is 2.35. The third kappa shape index (κ3) is 7.42. The summed E-state index contributed by atoms with van der Waals surface area (Å²) in [5, 5.41) is 0. The number of hydrogen-bond donors (Lipinski definition) is 2. The number of aromatic nitrogens is 2. The van der Waals surface area contributed by atoms with Crippen LogP contribution in [0, 0.1) is 5.82 Å². The Hall–Kier alpha value is -3.14. The second-order valence-electron chi connectivity index (χ2n) is 8.52. The lowest BCUT2D eigenvalue weighted by Crippen LogP contribution is -2.45. The van der Waals surface area contributed by atoms with Crippen LogP contribution in [0.3, 0.4) is 0 Å². The number of amides is 1. The van der Waals surface area contributed by atoms with Crippen LogP contribution >= 0.6 is 0 Å². The van der Waals surface area contributed by atoms with E-state index in [-0.39, 0.29) is 29.7 Å². The highest BCUT2D eigenvalue weighted by Gasteiger charge is 2.25. The van der Waals surface area contributed by atoms with Gasteiger partial charge < -0.3 is 15.4 Å². The quantitative estimate of drug-likeness (QED) is 0.393. The van der Waals surface area contributed by atoms with Crippen molar-refractivity contribution in [2.75, 3.05) is 37.4 Å². The molecule has 0 aliphatic heterocycles. The molecule has 0 saturated heterocycles. The molecule has 1 amide bonds. The lowest BCUT2D eigenvalue weighted by Gasteiger charge is -2.28. The van der Waals surface area contributed by atoms with Crippen LogP contribution in [0.1, 0.15) is 58.4 Å². The predicted octanol–water partition coefficient (Wildman–Crippen LogP) is 3.11. The van der Waals surface area contributed by atoms with Gasteiger partial charge in [0.05, 0.1) is 13.7 Å². The zero-order chi connectivity index (χ0) is 26.0. The van der Waals surface area contributed by atoms with Crippen LogP contribution in [0.15, 0.2) is 27.8 Å². The van der Waals surface area contributed by atoms with Gasteiger partial charge in [-0.2, -0.15) is 0 Å². The lowest BCUT2D eigenvalue weighted by atomic mass is 10.2. The molecule has 9 nitrogen and oxygen atoms in total. The third-order valence-corrected chi connectivity index (χ3v) is 5.93. The summed E-state index contributed by atoms with van der Waals surface area (Å²) in [6, 6.07) is 4.69. The topological polar surface area (TPSA) is 114 Å². The number of H-pyrrole nitrogens is 1. The summed E-state index contributed by atoms with van der Waals surface area (Å²) in [5.41, 5.74) is 5.73. The summed E-state index contributed by atoms with van der Waals surface area (Å²) >= 11 is 0. The minimum absolute atomic E-state index is 0.00248. The first-order valence-electron chi connectivity index (χ1n) is 12.2. The van der Waals surface area contributed by atoms with Gasteiger partial charge in [-0.1, -0.05) is 46.1 Å². The molecule has 1 aromatic carbocycles. The Bertz CT molecular complexity index is 1100. The minimum atomic E-state index is -0.676. The number of benzene rings is 1. The van der Waals surface area contributed by atoms with Crippen molar-refractivity contribution in [1.82, 2.24) is 14.5 Å². The van der Waals surface area contributed by atoms with Crippen LogP contribution in [0.4, 0.5) is 15.9 Å². The van der Waals surface area contributed by atoms with Crippen molar-refractivity contribution in [1.29, 1.82) is 0 Å². The number of rotatable bonds is 14. The van der Waals surface area contributed by atoms with E-state index in [2.05, 4.69) is 4.98 Å². The lowest BCUT2D eigenvalue weighted by molar-refractivity contribution is -0.119. The molecule has 3 N–H and O–H groups in total.